The quantitative estimate of drug-likeness (QED) is 0.345. The molecule has 0 bridgehead atoms. The molecule has 0 heterocycles. The second-order valence-corrected chi connectivity index (χ2v) is 2.68. The summed E-state index contributed by atoms with van der Waals surface area (Å²) in [5, 5.41) is 7.51. The van der Waals surface area contributed by atoms with E-state index in [2.05, 4.69) is 17.9 Å². The lowest BCUT2D eigenvalue weighted by Gasteiger charge is -1.91. The number of nitriles is 1. The van der Waals surface area contributed by atoms with Gasteiger partial charge >= 0.3 is 5.97 Å². The fourth-order valence-corrected chi connectivity index (χ4v) is 0.850. The van der Waals surface area contributed by atoms with Crippen molar-refractivity contribution in [3.63, 3.8) is 0 Å². The molecule has 0 radical (unpaired) electrons. The van der Waals surface area contributed by atoms with E-state index < -0.39 is 5.97 Å². The molecule has 1 rings (SSSR count). The Balaban J connectivity index is 0.000000557. The van der Waals surface area contributed by atoms with Crippen molar-refractivity contribution >= 4 is 12.0 Å². The van der Waals surface area contributed by atoms with Crippen LogP contribution in [0.2, 0.25) is 0 Å². The highest BCUT2D eigenvalue weighted by Gasteiger charge is 1.91. The van der Waals surface area contributed by atoms with Gasteiger partial charge in [-0.3, -0.25) is 0 Å². The zero-order chi connectivity index (χ0) is 12.9. The molecule has 0 saturated heterocycles. The highest BCUT2D eigenvalue weighted by molar-refractivity contribution is 5.87. The molecule has 17 heavy (non-hydrogen) atoms. The van der Waals surface area contributed by atoms with Crippen LogP contribution in [-0.2, 0) is 9.53 Å². The molecule has 1 aromatic carbocycles. The van der Waals surface area contributed by atoms with E-state index in [1.807, 2.05) is 30.3 Å². The predicted octanol–water partition coefficient (Wildman–Crippen LogP) is 3.08. The number of ether oxygens (including phenoxy) is 1. The van der Waals surface area contributed by atoms with Gasteiger partial charge in [0.25, 0.3) is 0 Å². The molecule has 0 N–H and O–H groups in total. The number of hydrogen-bond donors (Lipinski definition) is 0. The van der Waals surface area contributed by atoms with E-state index in [1.54, 1.807) is 12.1 Å². The molecule has 1 aromatic rings. The summed E-state index contributed by atoms with van der Waals surface area (Å²) in [5.41, 5.74) is 0.962. The lowest BCUT2D eigenvalue weighted by Crippen LogP contribution is -1.92. The van der Waals surface area contributed by atoms with Gasteiger partial charge in [0.2, 0.25) is 0 Å². The number of benzene rings is 1. The molecule has 0 atom stereocenters. The molecule has 3 nitrogen and oxygen atoms in total. The summed E-state index contributed by atoms with van der Waals surface area (Å²) in [6, 6.07) is 11.2. The summed E-state index contributed by atoms with van der Waals surface area (Å²) in [5.74, 6) is -0.418. The van der Waals surface area contributed by atoms with Crippen LogP contribution in [0, 0.1) is 11.3 Å². The number of carbonyl (C=O) groups excluding carboxylic acids is 1. The Morgan fingerprint density at radius 1 is 1.29 bits per heavy atom. The minimum atomic E-state index is -0.418. The van der Waals surface area contributed by atoms with Crippen LogP contribution in [0.3, 0.4) is 0 Å². The number of nitrogens with zero attached hydrogens (tertiary/aromatic N) is 1. The Hall–Kier alpha value is -2.60. The third kappa shape index (κ3) is 8.40. The average molecular weight is 227 g/mol. The fraction of sp³-hybridized carbons (Fsp3) is 0. The first-order chi connectivity index (χ1) is 8.24. The average Bonchev–Trinajstić information content (AvgIpc) is 2.38. The first-order valence-electron chi connectivity index (χ1n) is 4.79. The van der Waals surface area contributed by atoms with E-state index in [0.29, 0.717) is 0 Å². The van der Waals surface area contributed by atoms with Crippen molar-refractivity contribution < 1.29 is 9.53 Å². The Morgan fingerprint density at radius 3 is 2.35 bits per heavy atom. The second-order valence-electron chi connectivity index (χ2n) is 2.68. The third-order valence-electron chi connectivity index (χ3n) is 1.50. The van der Waals surface area contributed by atoms with Gasteiger partial charge in [-0.05, 0) is 11.6 Å². The SMILES string of the molecule is C=CC#N.C=COC(=O)C=Cc1ccccc1. The Morgan fingerprint density at radius 2 is 1.88 bits per heavy atom. The zero-order valence-electron chi connectivity index (χ0n) is 9.37. The fourth-order valence-electron chi connectivity index (χ4n) is 0.850. The molecule has 86 valence electrons. The summed E-state index contributed by atoms with van der Waals surface area (Å²) in [7, 11) is 0. The van der Waals surface area contributed by atoms with Gasteiger partial charge in [0.1, 0.15) is 0 Å². The third-order valence-corrected chi connectivity index (χ3v) is 1.50. The molecule has 0 unspecified atom stereocenters. The predicted molar refractivity (Wildman–Crippen MR) is 67.6 cm³/mol. The van der Waals surface area contributed by atoms with Gasteiger partial charge < -0.3 is 4.74 Å². The maximum absolute atomic E-state index is 10.8. The van der Waals surface area contributed by atoms with Crippen molar-refractivity contribution in [1.29, 1.82) is 5.26 Å². The molecule has 0 amide bonds. The van der Waals surface area contributed by atoms with Crippen LogP contribution in [0.5, 0.6) is 0 Å². The normalized spacial score (nSPS) is 8.41. The molecule has 0 saturated carbocycles. The van der Waals surface area contributed by atoms with Crippen LogP contribution in [0.25, 0.3) is 6.08 Å². The van der Waals surface area contributed by atoms with E-state index in [-0.39, 0.29) is 0 Å². The van der Waals surface area contributed by atoms with Gasteiger partial charge in [-0.1, -0.05) is 43.5 Å². The minimum Gasteiger partial charge on any atom is -0.432 e. The maximum atomic E-state index is 10.8. The van der Waals surface area contributed by atoms with E-state index in [4.69, 9.17) is 5.26 Å². The molecular formula is C14H13NO2. The topological polar surface area (TPSA) is 50.1 Å². The van der Waals surface area contributed by atoms with Crippen molar-refractivity contribution in [3.8, 4) is 6.07 Å². The standard InChI is InChI=1S/C11H10O2.C3H3N/c1-2-13-11(12)9-8-10-6-4-3-5-7-10;1-2-3-4/h2-9H,1H2;2H,1H2. The molecular weight excluding hydrogens is 214 g/mol. The number of esters is 1. The van der Waals surface area contributed by atoms with Crippen molar-refractivity contribution in [2.45, 2.75) is 0 Å². The summed E-state index contributed by atoms with van der Waals surface area (Å²) in [6.07, 6.45) is 5.33. The summed E-state index contributed by atoms with van der Waals surface area (Å²) < 4.78 is 4.50. The van der Waals surface area contributed by atoms with Crippen molar-refractivity contribution in [1.82, 2.24) is 0 Å². The molecule has 0 aliphatic rings. The molecule has 0 aliphatic heterocycles. The van der Waals surface area contributed by atoms with Crippen molar-refractivity contribution in [3.05, 3.63) is 67.5 Å². The maximum Gasteiger partial charge on any atom is 0.335 e. The Kier molecular flexibility index (Phi) is 8.42. The van der Waals surface area contributed by atoms with Gasteiger partial charge in [0.15, 0.2) is 0 Å². The van der Waals surface area contributed by atoms with Crippen LogP contribution in [0.1, 0.15) is 5.56 Å². The van der Waals surface area contributed by atoms with Crippen molar-refractivity contribution in [2.24, 2.45) is 0 Å². The van der Waals surface area contributed by atoms with E-state index in [1.165, 1.54) is 12.2 Å². The number of hydrogen-bond acceptors (Lipinski definition) is 3. The second kappa shape index (κ2) is 9.94. The highest BCUT2D eigenvalue weighted by Crippen LogP contribution is 2.00. The van der Waals surface area contributed by atoms with Gasteiger partial charge in [-0.2, -0.15) is 5.26 Å². The summed E-state index contributed by atoms with van der Waals surface area (Å²) in [6.45, 7) is 6.40. The van der Waals surface area contributed by atoms with E-state index in [9.17, 15) is 4.79 Å². The van der Waals surface area contributed by atoms with Crippen LogP contribution < -0.4 is 0 Å². The number of rotatable bonds is 3. The summed E-state index contributed by atoms with van der Waals surface area (Å²) in [4.78, 5) is 10.8. The Labute approximate surface area is 101 Å². The summed E-state index contributed by atoms with van der Waals surface area (Å²) >= 11 is 0. The van der Waals surface area contributed by atoms with Gasteiger partial charge in [-0.25, -0.2) is 4.79 Å². The van der Waals surface area contributed by atoms with Gasteiger partial charge in [0, 0.05) is 12.2 Å². The van der Waals surface area contributed by atoms with Crippen LogP contribution >= 0.6 is 0 Å². The van der Waals surface area contributed by atoms with E-state index >= 15 is 0 Å². The number of carbonyl (C=O) groups is 1. The minimum absolute atomic E-state index is 0.418. The largest absolute Gasteiger partial charge is 0.432 e. The lowest BCUT2D eigenvalue weighted by atomic mass is 10.2. The lowest BCUT2D eigenvalue weighted by molar-refractivity contribution is -0.132. The van der Waals surface area contributed by atoms with Crippen LogP contribution in [0.4, 0.5) is 0 Å². The smallest absolute Gasteiger partial charge is 0.335 e. The molecule has 0 spiro atoms. The number of allylic oxidation sites excluding steroid dienone is 1. The molecule has 0 aromatic heterocycles. The zero-order valence-corrected chi connectivity index (χ0v) is 9.37. The monoisotopic (exact) mass is 227 g/mol. The first-order valence-corrected chi connectivity index (χ1v) is 4.79. The van der Waals surface area contributed by atoms with Gasteiger partial charge in [-0.15, -0.1) is 0 Å². The molecule has 0 aliphatic carbocycles. The van der Waals surface area contributed by atoms with Crippen LogP contribution in [-0.4, -0.2) is 5.97 Å². The highest BCUT2D eigenvalue weighted by atomic mass is 16.5. The first kappa shape index (κ1) is 14.4. The van der Waals surface area contributed by atoms with Crippen molar-refractivity contribution in [2.75, 3.05) is 0 Å². The molecule has 3 heteroatoms. The van der Waals surface area contributed by atoms with Crippen LogP contribution in [0.15, 0.2) is 61.9 Å². The molecule has 0 fully saturated rings. The van der Waals surface area contributed by atoms with Gasteiger partial charge in [0.05, 0.1) is 12.3 Å². The Bertz CT molecular complexity index is 427. The van der Waals surface area contributed by atoms with E-state index in [0.717, 1.165) is 11.8 Å².